The topological polar surface area (TPSA) is 54.4 Å². The quantitative estimate of drug-likeness (QED) is 0.574. The van der Waals surface area contributed by atoms with Crippen LogP contribution >= 0.6 is 0 Å². The van der Waals surface area contributed by atoms with E-state index in [9.17, 15) is 9.59 Å². The number of carboxylic acids is 1. The summed E-state index contributed by atoms with van der Waals surface area (Å²) in [4.78, 5) is 22.2. The van der Waals surface area contributed by atoms with Gasteiger partial charge in [-0.15, -0.1) is 0 Å². The van der Waals surface area contributed by atoms with Gasteiger partial charge in [0.1, 0.15) is 0 Å². The molecule has 0 unspecified atom stereocenters. The normalized spacial score (nSPS) is 10.7. The van der Waals surface area contributed by atoms with E-state index in [4.69, 9.17) is 5.11 Å². The highest BCUT2D eigenvalue weighted by atomic mass is 16.4. The van der Waals surface area contributed by atoms with Crippen molar-refractivity contribution in [3.8, 4) is 0 Å². The Morgan fingerprint density at radius 1 is 1.05 bits per heavy atom. The molecule has 0 aliphatic heterocycles. The molecule has 0 atom stereocenters. The van der Waals surface area contributed by atoms with Gasteiger partial charge in [0.05, 0.1) is 0 Å². The molecule has 1 N–H and O–H groups in total. The van der Waals surface area contributed by atoms with Gasteiger partial charge >= 0.3 is 5.97 Å². The number of aliphatic carboxylic acids is 1. The number of hydrogen-bond acceptors (Lipinski definition) is 2. The van der Waals surface area contributed by atoms with Crippen LogP contribution in [0.3, 0.4) is 0 Å². The summed E-state index contributed by atoms with van der Waals surface area (Å²) >= 11 is 0. The number of Topliss-reactive ketones (excluding diaryl/α,β-unsaturated/α-hetero) is 1. The molecular weight excluding hydrogens is 240 g/mol. The van der Waals surface area contributed by atoms with Crippen molar-refractivity contribution in [2.75, 3.05) is 0 Å². The maximum absolute atomic E-state index is 11.9. The van der Waals surface area contributed by atoms with Crippen molar-refractivity contribution in [2.24, 2.45) is 5.92 Å². The number of carboxylic acid groups (broad SMARTS) is 1. The Hall–Kier alpha value is -1.64. The fraction of sp³-hybridized carbons (Fsp3) is 0.500. The summed E-state index contributed by atoms with van der Waals surface area (Å²) in [5.74, 6) is -0.0930. The molecule has 0 spiro atoms. The molecule has 0 amide bonds. The first-order valence-corrected chi connectivity index (χ1v) is 6.83. The third-order valence-electron chi connectivity index (χ3n) is 2.96. The monoisotopic (exact) mass is 262 g/mol. The van der Waals surface area contributed by atoms with Crippen molar-refractivity contribution in [1.82, 2.24) is 0 Å². The van der Waals surface area contributed by atoms with E-state index in [1.54, 1.807) is 0 Å². The first-order valence-electron chi connectivity index (χ1n) is 6.83. The molecule has 1 aromatic rings. The van der Waals surface area contributed by atoms with Gasteiger partial charge in [0, 0.05) is 18.4 Å². The highest BCUT2D eigenvalue weighted by Crippen LogP contribution is 2.12. The van der Waals surface area contributed by atoms with E-state index >= 15 is 0 Å². The Kier molecular flexibility index (Phi) is 6.26. The van der Waals surface area contributed by atoms with Crippen LogP contribution in [0.2, 0.25) is 0 Å². The molecule has 0 aliphatic rings. The van der Waals surface area contributed by atoms with E-state index in [1.165, 1.54) is 5.56 Å². The van der Waals surface area contributed by atoms with Crippen LogP contribution in [0.4, 0.5) is 0 Å². The molecule has 104 valence electrons. The van der Waals surface area contributed by atoms with Crippen LogP contribution in [0, 0.1) is 5.92 Å². The zero-order chi connectivity index (χ0) is 14.3. The summed E-state index contributed by atoms with van der Waals surface area (Å²) in [6.45, 7) is 4.34. The zero-order valence-corrected chi connectivity index (χ0v) is 11.7. The lowest BCUT2D eigenvalue weighted by Crippen LogP contribution is -2.01. The van der Waals surface area contributed by atoms with Gasteiger partial charge in [-0.1, -0.05) is 38.1 Å². The zero-order valence-electron chi connectivity index (χ0n) is 11.7. The highest BCUT2D eigenvalue weighted by Gasteiger charge is 2.07. The molecule has 0 radical (unpaired) electrons. The number of carbonyl (C=O) groups is 2. The summed E-state index contributed by atoms with van der Waals surface area (Å²) in [6.07, 6.45) is 2.79. The van der Waals surface area contributed by atoms with Gasteiger partial charge in [0.2, 0.25) is 0 Å². The number of rotatable bonds is 8. The molecule has 19 heavy (non-hydrogen) atoms. The second-order valence-electron chi connectivity index (χ2n) is 5.32. The van der Waals surface area contributed by atoms with Gasteiger partial charge in [-0.05, 0) is 30.7 Å². The third-order valence-corrected chi connectivity index (χ3v) is 2.96. The highest BCUT2D eigenvalue weighted by molar-refractivity contribution is 5.96. The fourth-order valence-electron chi connectivity index (χ4n) is 2.00. The molecule has 3 heteroatoms. The van der Waals surface area contributed by atoms with Crippen LogP contribution < -0.4 is 0 Å². The van der Waals surface area contributed by atoms with Gasteiger partial charge in [-0.3, -0.25) is 9.59 Å². The van der Waals surface area contributed by atoms with Gasteiger partial charge in [0.25, 0.3) is 0 Å². The smallest absolute Gasteiger partial charge is 0.303 e. The van der Waals surface area contributed by atoms with Crippen LogP contribution in [0.15, 0.2) is 24.3 Å². The Morgan fingerprint density at radius 2 is 1.63 bits per heavy atom. The van der Waals surface area contributed by atoms with Crippen molar-refractivity contribution in [3.05, 3.63) is 35.4 Å². The van der Waals surface area contributed by atoms with Crippen LogP contribution in [0.1, 0.15) is 55.5 Å². The Morgan fingerprint density at radius 3 is 2.16 bits per heavy atom. The van der Waals surface area contributed by atoms with E-state index in [2.05, 4.69) is 13.8 Å². The molecular formula is C16H22O3. The fourth-order valence-corrected chi connectivity index (χ4v) is 2.00. The molecule has 0 saturated heterocycles. The summed E-state index contributed by atoms with van der Waals surface area (Å²) in [5.41, 5.74) is 1.97. The third kappa shape index (κ3) is 6.18. The lowest BCUT2D eigenvalue weighted by atomic mass is 9.99. The predicted octanol–water partition coefficient (Wildman–Crippen LogP) is 3.71. The maximum atomic E-state index is 11.9. The second kappa shape index (κ2) is 7.72. The van der Waals surface area contributed by atoms with Gasteiger partial charge < -0.3 is 5.11 Å². The Balaban J connectivity index is 2.42. The SMILES string of the molecule is CC(C)Cc1ccc(C(=O)CCCCC(=O)O)cc1. The Bertz CT molecular complexity index is 418. The van der Waals surface area contributed by atoms with Crippen molar-refractivity contribution < 1.29 is 14.7 Å². The lowest BCUT2D eigenvalue weighted by molar-refractivity contribution is -0.137. The van der Waals surface area contributed by atoms with E-state index in [1.807, 2.05) is 24.3 Å². The number of unbranched alkanes of at least 4 members (excludes halogenated alkanes) is 1. The number of hydrogen-bond donors (Lipinski definition) is 1. The first-order chi connectivity index (χ1) is 8.99. The molecule has 0 aromatic heterocycles. The van der Waals surface area contributed by atoms with Crippen molar-refractivity contribution in [1.29, 1.82) is 0 Å². The van der Waals surface area contributed by atoms with Crippen molar-refractivity contribution in [3.63, 3.8) is 0 Å². The van der Waals surface area contributed by atoms with E-state index in [0.717, 1.165) is 12.0 Å². The average molecular weight is 262 g/mol. The van der Waals surface area contributed by atoms with Gasteiger partial charge in [-0.25, -0.2) is 0 Å². The lowest BCUT2D eigenvalue weighted by Gasteiger charge is -2.06. The summed E-state index contributed by atoms with van der Waals surface area (Å²) in [6, 6.07) is 7.75. The predicted molar refractivity (Wildman–Crippen MR) is 75.4 cm³/mol. The summed E-state index contributed by atoms with van der Waals surface area (Å²) in [7, 11) is 0. The van der Waals surface area contributed by atoms with Crippen LogP contribution in [-0.4, -0.2) is 16.9 Å². The summed E-state index contributed by atoms with van der Waals surface area (Å²) in [5, 5.41) is 8.51. The minimum absolute atomic E-state index is 0.0986. The van der Waals surface area contributed by atoms with Crippen molar-refractivity contribution >= 4 is 11.8 Å². The van der Waals surface area contributed by atoms with Crippen LogP contribution in [-0.2, 0) is 11.2 Å². The molecule has 3 nitrogen and oxygen atoms in total. The number of benzene rings is 1. The van der Waals surface area contributed by atoms with Gasteiger partial charge in [0.15, 0.2) is 5.78 Å². The van der Waals surface area contributed by atoms with Crippen LogP contribution in [0.25, 0.3) is 0 Å². The first kappa shape index (κ1) is 15.4. The minimum Gasteiger partial charge on any atom is -0.481 e. The average Bonchev–Trinajstić information content (AvgIpc) is 2.34. The molecule has 0 aliphatic carbocycles. The standard InChI is InChI=1S/C16H22O3/c1-12(2)11-13-7-9-14(10-8-13)15(17)5-3-4-6-16(18)19/h7-10,12H,3-6,11H2,1-2H3,(H,18,19). The van der Waals surface area contributed by atoms with Crippen LogP contribution in [0.5, 0.6) is 0 Å². The Labute approximate surface area is 114 Å². The molecule has 0 bridgehead atoms. The van der Waals surface area contributed by atoms with Gasteiger partial charge in [-0.2, -0.15) is 0 Å². The molecule has 1 aromatic carbocycles. The molecule has 1 rings (SSSR count). The summed E-state index contributed by atoms with van der Waals surface area (Å²) < 4.78 is 0. The molecule has 0 fully saturated rings. The molecule has 0 saturated carbocycles. The largest absolute Gasteiger partial charge is 0.481 e. The minimum atomic E-state index is -0.800. The number of carbonyl (C=O) groups excluding carboxylic acids is 1. The second-order valence-corrected chi connectivity index (χ2v) is 5.32. The maximum Gasteiger partial charge on any atom is 0.303 e. The van der Waals surface area contributed by atoms with Crippen molar-refractivity contribution in [2.45, 2.75) is 46.0 Å². The van der Waals surface area contributed by atoms with E-state index in [0.29, 0.717) is 25.2 Å². The van der Waals surface area contributed by atoms with E-state index in [-0.39, 0.29) is 12.2 Å². The van der Waals surface area contributed by atoms with E-state index < -0.39 is 5.97 Å². The molecule has 0 heterocycles. The number of ketones is 1.